The highest BCUT2D eigenvalue weighted by atomic mass is 16.2. The molecule has 1 saturated heterocycles. The second-order valence-electron chi connectivity index (χ2n) is 7.83. The first-order valence-corrected chi connectivity index (χ1v) is 10.6. The Morgan fingerprint density at radius 2 is 2.04 bits per heavy atom. The molecule has 1 aliphatic carbocycles. The lowest BCUT2D eigenvalue weighted by atomic mass is 9.97. The van der Waals surface area contributed by atoms with Crippen LogP contribution in [-0.2, 0) is 4.79 Å². The fourth-order valence-electron chi connectivity index (χ4n) is 4.20. The van der Waals surface area contributed by atoms with Crippen LogP contribution < -0.4 is 10.2 Å². The maximum absolute atomic E-state index is 12.6. The summed E-state index contributed by atoms with van der Waals surface area (Å²) in [6.45, 7) is 6.24. The van der Waals surface area contributed by atoms with Crippen LogP contribution in [0.4, 0.5) is 5.69 Å². The number of anilines is 1. The van der Waals surface area contributed by atoms with Crippen LogP contribution in [0, 0.1) is 11.3 Å². The number of amides is 1. The third-order valence-corrected chi connectivity index (χ3v) is 5.95. The zero-order valence-corrected chi connectivity index (χ0v) is 17.0. The molecule has 0 saturated carbocycles. The molecule has 0 aromatic heterocycles. The minimum Gasteiger partial charge on any atom is -0.369 e. The Kier molecular flexibility index (Phi) is 7.50. The van der Waals surface area contributed by atoms with Crippen molar-refractivity contribution in [3.05, 3.63) is 41.5 Å². The van der Waals surface area contributed by atoms with Gasteiger partial charge < -0.3 is 10.2 Å². The number of benzene rings is 1. The first-order chi connectivity index (χ1) is 13.7. The number of nitrogens with one attached hydrogen (secondary N) is 1. The maximum Gasteiger partial charge on any atom is 0.237 e. The molecular weight excluding hydrogens is 348 g/mol. The minimum atomic E-state index is -0.119. The Morgan fingerprint density at radius 1 is 1.18 bits per heavy atom. The Bertz CT molecular complexity index is 736. The van der Waals surface area contributed by atoms with Crippen LogP contribution in [0.1, 0.15) is 51.0 Å². The normalized spacial score (nSPS) is 19.3. The summed E-state index contributed by atoms with van der Waals surface area (Å²) in [4.78, 5) is 17.2. The van der Waals surface area contributed by atoms with Gasteiger partial charge in [0.1, 0.15) is 6.07 Å². The molecule has 28 heavy (non-hydrogen) atoms. The number of rotatable bonds is 6. The van der Waals surface area contributed by atoms with E-state index in [4.69, 9.17) is 0 Å². The van der Waals surface area contributed by atoms with Crippen LogP contribution in [0.3, 0.4) is 0 Å². The highest BCUT2D eigenvalue weighted by Crippen LogP contribution is 2.22. The van der Waals surface area contributed by atoms with E-state index in [0.29, 0.717) is 0 Å². The van der Waals surface area contributed by atoms with Gasteiger partial charge in [-0.1, -0.05) is 23.8 Å². The van der Waals surface area contributed by atoms with E-state index in [0.717, 1.165) is 56.8 Å². The summed E-state index contributed by atoms with van der Waals surface area (Å²) in [5, 5.41) is 12.5. The van der Waals surface area contributed by atoms with Gasteiger partial charge in [0.2, 0.25) is 5.91 Å². The van der Waals surface area contributed by atoms with Crippen molar-refractivity contribution in [2.24, 2.45) is 0 Å². The number of nitriles is 1. The van der Waals surface area contributed by atoms with Crippen LogP contribution in [0.25, 0.3) is 0 Å². The molecular formula is C23H32N4O. The van der Waals surface area contributed by atoms with E-state index in [1.807, 2.05) is 31.2 Å². The van der Waals surface area contributed by atoms with Crippen molar-refractivity contribution in [1.82, 2.24) is 10.2 Å². The van der Waals surface area contributed by atoms with Crippen molar-refractivity contribution < 1.29 is 4.79 Å². The number of allylic oxidation sites excluding steroid dienone is 1. The van der Waals surface area contributed by atoms with Crippen LogP contribution in [0.2, 0.25) is 0 Å². The summed E-state index contributed by atoms with van der Waals surface area (Å²) in [5.74, 6) is 0.127. The van der Waals surface area contributed by atoms with E-state index >= 15 is 0 Å². The molecule has 1 atom stereocenters. The van der Waals surface area contributed by atoms with Crippen LogP contribution >= 0.6 is 0 Å². The average Bonchev–Trinajstić information content (AvgIpc) is 3.00. The van der Waals surface area contributed by atoms with Gasteiger partial charge in [-0.05, 0) is 57.6 Å². The Morgan fingerprint density at radius 3 is 2.82 bits per heavy atom. The van der Waals surface area contributed by atoms with Crippen molar-refractivity contribution in [3.63, 3.8) is 0 Å². The van der Waals surface area contributed by atoms with Crippen molar-refractivity contribution in [2.45, 2.75) is 51.5 Å². The summed E-state index contributed by atoms with van der Waals surface area (Å²) in [7, 11) is 0. The summed E-state index contributed by atoms with van der Waals surface area (Å²) < 4.78 is 0. The van der Waals surface area contributed by atoms with E-state index in [1.54, 1.807) is 0 Å². The molecule has 2 aliphatic rings. The molecule has 0 bridgehead atoms. The minimum absolute atomic E-state index is 0.119. The molecule has 1 unspecified atom stereocenters. The zero-order chi connectivity index (χ0) is 19.8. The smallest absolute Gasteiger partial charge is 0.237 e. The zero-order valence-electron chi connectivity index (χ0n) is 17.0. The highest BCUT2D eigenvalue weighted by Gasteiger charge is 2.24. The van der Waals surface area contributed by atoms with E-state index < -0.39 is 0 Å². The van der Waals surface area contributed by atoms with Crippen molar-refractivity contribution in [2.75, 3.05) is 37.6 Å². The van der Waals surface area contributed by atoms with Gasteiger partial charge in [-0.25, -0.2) is 0 Å². The topological polar surface area (TPSA) is 59.4 Å². The number of hydrogen-bond acceptors (Lipinski definition) is 4. The Hall–Kier alpha value is -2.32. The van der Waals surface area contributed by atoms with E-state index in [9.17, 15) is 10.1 Å². The summed E-state index contributed by atoms with van der Waals surface area (Å²) in [5.41, 5.74) is 3.23. The number of para-hydroxylation sites is 1. The standard InChI is InChI=1S/C23H32N4O/c1-19(23(28)25-13-12-20-8-3-2-4-9-20)26-14-7-15-27(17-16-26)22-11-6-5-10-21(22)18-24/h5-6,8,10-11,19H,2-4,7,9,12-17H2,1H3,(H,25,28). The molecule has 0 radical (unpaired) electrons. The predicted molar refractivity (Wildman–Crippen MR) is 113 cm³/mol. The molecule has 5 nitrogen and oxygen atoms in total. The quantitative estimate of drug-likeness (QED) is 0.768. The van der Waals surface area contributed by atoms with Gasteiger partial charge in [0.15, 0.2) is 0 Å². The van der Waals surface area contributed by atoms with Crippen molar-refractivity contribution in [1.29, 1.82) is 5.26 Å². The van der Waals surface area contributed by atoms with Gasteiger partial charge in [-0.2, -0.15) is 5.26 Å². The van der Waals surface area contributed by atoms with Crippen LogP contribution in [-0.4, -0.2) is 49.6 Å². The summed E-state index contributed by atoms with van der Waals surface area (Å²) >= 11 is 0. The molecule has 1 amide bonds. The molecule has 150 valence electrons. The fraction of sp³-hybridized carbons (Fsp3) is 0.565. The predicted octanol–water partition coefficient (Wildman–Crippen LogP) is 3.47. The molecule has 1 N–H and O–H groups in total. The molecule has 1 heterocycles. The van der Waals surface area contributed by atoms with Crippen LogP contribution in [0.15, 0.2) is 35.9 Å². The molecule has 1 aromatic carbocycles. The van der Waals surface area contributed by atoms with Gasteiger partial charge in [-0.3, -0.25) is 9.69 Å². The molecule has 3 rings (SSSR count). The Labute approximate surface area is 169 Å². The third kappa shape index (κ3) is 5.36. The van der Waals surface area contributed by atoms with Crippen LogP contribution in [0.5, 0.6) is 0 Å². The second-order valence-corrected chi connectivity index (χ2v) is 7.83. The second kappa shape index (κ2) is 10.3. The number of nitrogens with zero attached hydrogens (tertiary/aromatic N) is 3. The SMILES string of the molecule is CC(C(=O)NCCC1=CCCCC1)N1CCCN(c2ccccc2C#N)CC1. The molecule has 1 fully saturated rings. The van der Waals surface area contributed by atoms with Crippen molar-refractivity contribution >= 4 is 11.6 Å². The monoisotopic (exact) mass is 380 g/mol. The number of carbonyl (C=O) groups excluding carboxylic acids is 1. The first kappa shape index (κ1) is 20.4. The van der Waals surface area contributed by atoms with Gasteiger partial charge in [0.25, 0.3) is 0 Å². The van der Waals surface area contributed by atoms with Gasteiger partial charge >= 0.3 is 0 Å². The third-order valence-electron chi connectivity index (χ3n) is 5.95. The highest BCUT2D eigenvalue weighted by molar-refractivity contribution is 5.81. The lowest BCUT2D eigenvalue weighted by Crippen LogP contribution is -2.46. The van der Waals surface area contributed by atoms with Gasteiger partial charge in [-0.15, -0.1) is 0 Å². The lowest BCUT2D eigenvalue weighted by Gasteiger charge is -2.27. The maximum atomic E-state index is 12.6. The van der Waals surface area contributed by atoms with E-state index in [-0.39, 0.29) is 11.9 Å². The number of hydrogen-bond donors (Lipinski definition) is 1. The fourth-order valence-corrected chi connectivity index (χ4v) is 4.20. The Balaban J connectivity index is 1.49. The van der Waals surface area contributed by atoms with Gasteiger partial charge in [0, 0.05) is 32.7 Å². The van der Waals surface area contributed by atoms with E-state index in [2.05, 4.69) is 27.3 Å². The lowest BCUT2D eigenvalue weighted by molar-refractivity contribution is -0.125. The van der Waals surface area contributed by atoms with E-state index in [1.165, 1.54) is 31.3 Å². The molecule has 1 aliphatic heterocycles. The van der Waals surface area contributed by atoms with Gasteiger partial charge in [0.05, 0.1) is 17.3 Å². The van der Waals surface area contributed by atoms with Crippen molar-refractivity contribution in [3.8, 4) is 6.07 Å². The molecule has 0 spiro atoms. The molecule has 1 aromatic rings. The summed E-state index contributed by atoms with van der Waals surface area (Å²) in [6.07, 6.45) is 9.30. The summed E-state index contributed by atoms with van der Waals surface area (Å²) in [6, 6.07) is 9.95. The first-order valence-electron chi connectivity index (χ1n) is 10.6. The largest absolute Gasteiger partial charge is 0.369 e. The number of carbonyl (C=O) groups is 1. The molecule has 5 heteroatoms. The average molecular weight is 381 g/mol.